The van der Waals surface area contributed by atoms with Gasteiger partial charge in [-0.15, -0.1) is 10.2 Å². The van der Waals surface area contributed by atoms with E-state index in [0.717, 1.165) is 5.56 Å². The highest BCUT2D eigenvalue weighted by molar-refractivity contribution is 6.31. The van der Waals surface area contributed by atoms with Crippen molar-refractivity contribution in [1.29, 1.82) is 0 Å². The number of aromatic nitrogens is 2. The molecule has 0 aliphatic heterocycles. The van der Waals surface area contributed by atoms with Crippen LogP contribution in [0.15, 0.2) is 30.3 Å². The van der Waals surface area contributed by atoms with E-state index in [1.165, 1.54) is 0 Å². The molecular weight excluding hydrogens is 273 g/mol. The van der Waals surface area contributed by atoms with Crippen molar-refractivity contribution in [1.82, 2.24) is 10.2 Å². The molecule has 2 aromatic rings. The van der Waals surface area contributed by atoms with Gasteiger partial charge in [0.15, 0.2) is 11.0 Å². The van der Waals surface area contributed by atoms with Gasteiger partial charge in [-0.05, 0) is 36.8 Å². The summed E-state index contributed by atoms with van der Waals surface area (Å²) in [5, 5.41) is 10.8. The van der Waals surface area contributed by atoms with Crippen LogP contribution in [0.3, 0.4) is 0 Å². The lowest BCUT2D eigenvalue weighted by molar-refractivity contribution is 0.102. The predicted molar refractivity (Wildman–Crippen MR) is 71.2 cm³/mol. The molecule has 0 atom stereocenters. The molecule has 2 rings (SSSR count). The number of anilines is 1. The molecule has 1 aromatic heterocycles. The van der Waals surface area contributed by atoms with E-state index in [0.29, 0.717) is 16.4 Å². The van der Waals surface area contributed by atoms with Crippen molar-refractivity contribution in [2.75, 3.05) is 5.32 Å². The van der Waals surface area contributed by atoms with Gasteiger partial charge in [-0.1, -0.05) is 29.3 Å². The molecule has 1 heterocycles. The number of carbonyl (C=O) groups excluding carboxylic acids is 1. The van der Waals surface area contributed by atoms with Crippen LogP contribution in [-0.2, 0) is 0 Å². The van der Waals surface area contributed by atoms with Crippen LogP contribution in [-0.4, -0.2) is 16.1 Å². The fourth-order valence-corrected chi connectivity index (χ4v) is 1.59. The summed E-state index contributed by atoms with van der Waals surface area (Å²) >= 11 is 11.6. The lowest BCUT2D eigenvalue weighted by Gasteiger charge is -2.05. The van der Waals surface area contributed by atoms with E-state index >= 15 is 0 Å². The zero-order chi connectivity index (χ0) is 13.1. The van der Waals surface area contributed by atoms with E-state index in [1.54, 1.807) is 30.3 Å². The van der Waals surface area contributed by atoms with Crippen LogP contribution in [0.2, 0.25) is 10.2 Å². The average molecular weight is 282 g/mol. The standard InChI is InChI=1S/C12H9Cl2N3O/c1-7-2-3-8(6-9(7)13)12(18)15-11-5-4-10(14)16-17-11/h2-6H,1H3,(H,15,17,18). The van der Waals surface area contributed by atoms with E-state index in [2.05, 4.69) is 15.5 Å². The molecule has 0 fully saturated rings. The number of carbonyl (C=O) groups is 1. The van der Waals surface area contributed by atoms with Gasteiger partial charge in [-0.3, -0.25) is 4.79 Å². The number of nitrogens with zero attached hydrogens (tertiary/aromatic N) is 2. The maximum absolute atomic E-state index is 11.9. The lowest BCUT2D eigenvalue weighted by atomic mass is 10.1. The molecule has 6 heteroatoms. The summed E-state index contributed by atoms with van der Waals surface area (Å²) in [7, 11) is 0. The molecule has 0 unspecified atom stereocenters. The number of amides is 1. The van der Waals surface area contributed by atoms with Crippen molar-refractivity contribution in [3.05, 3.63) is 51.6 Å². The second-order valence-electron chi connectivity index (χ2n) is 3.66. The van der Waals surface area contributed by atoms with Gasteiger partial charge >= 0.3 is 0 Å². The van der Waals surface area contributed by atoms with Gasteiger partial charge in [0.05, 0.1) is 0 Å². The van der Waals surface area contributed by atoms with Crippen molar-refractivity contribution >= 4 is 34.9 Å². The Kier molecular flexibility index (Phi) is 3.79. The van der Waals surface area contributed by atoms with E-state index in [9.17, 15) is 4.79 Å². The number of halogens is 2. The summed E-state index contributed by atoms with van der Waals surface area (Å²) in [6.45, 7) is 1.87. The first kappa shape index (κ1) is 12.8. The normalized spacial score (nSPS) is 10.2. The molecule has 92 valence electrons. The summed E-state index contributed by atoms with van der Waals surface area (Å²) in [6, 6.07) is 8.20. The summed E-state index contributed by atoms with van der Waals surface area (Å²) in [5.74, 6) is 0.0367. The second-order valence-corrected chi connectivity index (χ2v) is 4.45. The minimum Gasteiger partial charge on any atom is -0.305 e. The Bertz CT molecular complexity index is 584. The Labute approximate surface area is 114 Å². The van der Waals surface area contributed by atoms with Crippen molar-refractivity contribution in [3.63, 3.8) is 0 Å². The van der Waals surface area contributed by atoms with Crippen LogP contribution in [0, 0.1) is 6.92 Å². The van der Waals surface area contributed by atoms with Gasteiger partial charge < -0.3 is 5.32 Å². The summed E-state index contributed by atoms with van der Waals surface area (Å²) in [6.07, 6.45) is 0. The van der Waals surface area contributed by atoms with Gasteiger partial charge in [0, 0.05) is 10.6 Å². The molecule has 4 nitrogen and oxygen atoms in total. The highest BCUT2D eigenvalue weighted by Crippen LogP contribution is 2.17. The van der Waals surface area contributed by atoms with Crippen LogP contribution in [0.25, 0.3) is 0 Å². The maximum Gasteiger partial charge on any atom is 0.256 e. The molecule has 0 bridgehead atoms. The van der Waals surface area contributed by atoms with Crippen LogP contribution in [0.1, 0.15) is 15.9 Å². The van der Waals surface area contributed by atoms with Gasteiger partial charge in [-0.25, -0.2) is 0 Å². The Morgan fingerprint density at radius 1 is 1.17 bits per heavy atom. The molecule has 0 aliphatic rings. The summed E-state index contributed by atoms with van der Waals surface area (Å²) in [4.78, 5) is 11.9. The zero-order valence-corrected chi connectivity index (χ0v) is 11.0. The molecule has 1 N–H and O–H groups in total. The topological polar surface area (TPSA) is 54.9 Å². The Balaban J connectivity index is 2.16. The average Bonchev–Trinajstić information content (AvgIpc) is 2.35. The van der Waals surface area contributed by atoms with Gasteiger partial charge in [-0.2, -0.15) is 0 Å². The number of benzene rings is 1. The minimum absolute atomic E-state index is 0.270. The molecule has 18 heavy (non-hydrogen) atoms. The van der Waals surface area contributed by atoms with Crippen molar-refractivity contribution in [2.45, 2.75) is 6.92 Å². The highest BCUT2D eigenvalue weighted by Gasteiger charge is 2.08. The molecule has 0 radical (unpaired) electrons. The molecule has 0 aliphatic carbocycles. The van der Waals surface area contributed by atoms with Crippen LogP contribution >= 0.6 is 23.2 Å². The zero-order valence-electron chi connectivity index (χ0n) is 9.45. The molecular formula is C12H9Cl2N3O. The van der Waals surface area contributed by atoms with Crippen molar-refractivity contribution < 1.29 is 4.79 Å². The van der Waals surface area contributed by atoms with E-state index in [-0.39, 0.29) is 11.1 Å². The van der Waals surface area contributed by atoms with Crippen LogP contribution in [0.4, 0.5) is 5.82 Å². The minimum atomic E-state index is -0.298. The second kappa shape index (κ2) is 5.33. The number of nitrogens with one attached hydrogen (secondary N) is 1. The first-order valence-electron chi connectivity index (χ1n) is 5.13. The Morgan fingerprint density at radius 2 is 1.94 bits per heavy atom. The predicted octanol–water partition coefficient (Wildman–Crippen LogP) is 3.34. The quantitative estimate of drug-likeness (QED) is 0.919. The molecule has 0 spiro atoms. The first-order chi connectivity index (χ1) is 8.56. The maximum atomic E-state index is 11.9. The fraction of sp³-hybridized carbons (Fsp3) is 0.0833. The third-order valence-electron chi connectivity index (χ3n) is 2.31. The third kappa shape index (κ3) is 2.97. The number of hydrogen-bond acceptors (Lipinski definition) is 3. The SMILES string of the molecule is Cc1ccc(C(=O)Nc2ccc(Cl)nn2)cc1Cl. The van der Waals surface area contributed by atoms with Gasteiger partial charge in [0.2, 0.25) is 0 Å². The smallest absolute Gasteiger partial charge is 0.256 e. The number of hydrogen-bond donors (Lipinski definition) is 1. The highest BCUT2D eigenvalue weighted by atomic mass is 35.5. The Hall–Kier alpha value is -1.65. The lowest BCUT2D eigenvalue weighted by Crippen LogP contribution is -2.13. The third-order valence-corrected chi connectivity index (χ3v) is 2.92. The molecule has 0 saturated carbocycles. The van der Waals surface area contributed by atoms with Gasteiger partial charge in [0.25, 0.3) is 5.91 Å². The fourth-order valence-electron chi connectivity index (χ4n) is 1.31. The molecule has 1 aromatic carbocycles. The van der Waals surface area contributed by atoms with Crippen molar-refractivity contribution in [2.24, 2.45) is 0 Å². The largest absolute Gasteiger partial charge is 0.305 e. The monoisotopic (exact) mass is 281 g/mol. The van der Waals surface area contributed by atoms with E-state index < -0.39 is 0 Å². The van der Waals surface area contributed by atoms with E-state index in [4.69, 9.17) is 23.2 Å². The van der Waals surface area contributed by atoms with Crippen LogP contribution < -0.4 is 5.32 Å². The number of aryl methyl sites for hydroxylation is 1. The Morgan fingerprint density at radius 3 is 2.56 bits per heavy atom. The van der Waals surface area contributed by atoms with Gasteiger partial charge in [0.1, 0.15) is 0 Å². The molecule has 1 amide bonds. The first-order valence-corrected chi connectivity index (χ1v) is 5.88. The van der Waals surface area contributed by atoms with E-state index in [1.807, 2.05) is 6.92 Å². The number of rotatable bonds is 2. The van der Waals surface area contributed by atoms with Crippen LogP contribution in [0.5, 0.6) is 0 Å². The summed E-state index contributed by atoms with van der Waals surface area (Å²) in [5.41, 5.74) is 1.38. The summed E-state index contributed by atoms with van der Waals surface area (Å²) < 4.78 is 0. The molecule has 0 saturated heterocycles. The van der Waals surface area contributed by atoms with Crippen molar-refractivity contribution in [3.8, 4) is 0 Å².